The number of Topliss-reactive ketones (excluding diaryl/α,β-unsaturated/α-hetero) is 1. The van der Waals surface area contributed by atoms with Gasteiger partial charge in [-0.1, -0.05) is 0 Å². The van der Waals surface area contributed by atoms with Crippen molar-refractivity contribution in [2.45, 2.75) is 25.8 Å². The number of carbonyl (C=O) groups is 2. The van der Waals surface area contributed by atoms with Crippen LogP contribution in [-0.4, -0.2) is 25.0 Å². The molecular formula is C13H15FN2O3. The average Bonchev–Trinajstić information content (AvgIpc) is 2.38. The van der Waals surface area contributed by atoms with Crippen molar-refractivity contribution < 1.29 is 18.7 Å². The van der Waals surface area contributed by atoms with Crippen molar-refractivity contribution in [3.63, 3.8) is 0 Å². The number of hydrogen-bond donors (Lipinski definition) is 2. The van der Waals surface area contributed by atoms with E-state index in [1.54, 1.807) is 6.92 Å². The quantitative estimate of drug-likeness (QED) is 0.756. The van der Waals surface area contributed by atoms with Gasteiger partial charge in [-0.25, -0.2) is 9.18 Å². The number of carbonyl (C=O) groups excluding carboxylic acids is 2. The van der Waals surface area contributed by atoms with Crippen molar-refractivity contribution in [1.29, 1.82) is 0 Å². The molecule has 1 aromatic rings. The molecule has 5 nitrogen and oxygen atoms in total. The fraction of sp³-hybridized carbons (Fsp3) is 0.385. The molecule has 0 unspecified atom stereocenters. The third kappa shape index (κ3) is 2.25. The molecule has 0 saturated carbocycles. The first kappa shape index (κ1) is 13.3. The third-order valence-corrected chi connectivity index (χ3v) is 3.41. The summed E-state index contributed by atoms with van der Waals surface area (Å²) in [5.41, 5.74) is 7.21. The van der Waals surface area contributed by atoms with Gasteiger partial charge >= 0.3 is 6.09 Å². The lowest BCUT2D eigenvalue weighted by atomic mass is 9.83. The summed E-state index contributed by atoms with van der Waals surface area (Å²) in [7, 11) is 1.23. The number of benzene rings is 1. The molecule has 102 valence electrons. The van der Waals surface area contributed by atoms with E-state index in [-0.39, 0.29) is 11.5 Å². The van der Waals surface area contributed by atoms with Crippen LogP contribution in [-0.2, 0) is 11.2 Å². The van der Waals surface area contributed by atoms with Crippen molar-refractivity contribution in [3.05, 3.63) is 28.6 Å². The number of ketones is 1. The molecule has 0 saturated heterocycles. The van der Waals surface area contributed by atoms with Crippen LogP contribution in [0.15, 0.2) is 6.07 Å². The summed E-state index contributed by atoms with van der Waals surface area (Å²) in [5, 5.41) is 2.46. The van der Waals surface area contributed by atoms with E-state index in [1.807, 2.05) is 0 Å². The van der Waals surface area contributed by atoms with Crippen molar-refractivity contribution in [2.75, 3.05) is 12.8 Å². The summed E-state index contributed by atoms with van der Waals surface area (Å²) >= 11 is 0. The first-order valence-corrected chi connectivity index (χ1v) is 5.91. The fourth-order valence-electron chi connectivity index (χ4n) is 2.36. The highest BCUT2D eigenvalue weighted by Crippen LogP contribution is 2.30. The number of amides is 1. The molecule has 1 aliphatic carbocycles. The third-order valence-electron chi connectivity index (χ3n) is 3.41. The molecule has 1 aliphatic rings. The van der Waals surface area contributed by atoms with Crippen LogP contribution in [0.3, 0.4) is 0 Å². The van der Waals surface area contributed by atoms with Gasteiger partial charge in [0.25, 0.3) is 0 Å². The number of nitrogens with one attached hydrogen (secondary N) is 1. The molecule has 1 aromatic carbocycles. The summed E-state index contributed by atoms with van der Waals surface area (Å²) in [6, 6.07) is 0.471. The first-order chi connectivity index (χ1) is 8.95. The monoisotopic (exact) mass is 266 g/mol. The van der Waals surface area contributed by atoms with Gasteiger partial charge in [0.2, 0.25) is 0 Å². The predicted molar refractivity (Wildman–Crippen MR) is 67.5 cm³/mol. The molecule has 6 heteroatoms. The molecule has 0 radical (unpaired) electrons. The minimum absolute atomic E-state index is 0.111. The van der Waals surface area contributed by atoms with Gasteiger partial charge in [-0.05, 0) is 37.0 Å². The zero-order valence-corrected chi connectivity index (χ0v) is 10.7. The maximum absolute atomic E-state index is 13.6. The predicted octanol–water partition coefficient (Wildman–Crippen LogP) is 1.57. The second kappa shape index (κ2) is 4.87. The molecule has 0 aliphatic heterocycles. The van der Waals surface area contributed by atoms with Gasteiger partial charge in [-0.2, -0.15) is 0 Å². The number of nitrogen functional groups attached to an aromatic ring is 1. The van der Waals surface area contributed by atoms with Crippen LogP contribution in [0, 0.1) is 12.7 Å². The van der Waals surface area contributed by atoms with E-state index in [0.29, 0.717) is 29.5 Å². The Bertz CT molecular complexity index is 557. The van der Waals surface area contributed by atoms with Gasteiger partial charge in [0.1, 0.15) is 5.82 Å². The van der Waals surface area contributed by atoms with Gasteiger partial charge in [0, 0.05) is 11.3 Å². The van der Waals surface area contributed by atoms with E-state index in [4.69, 9.17) is 5.73 Å². The number of fused-ring (bicyclic) bond motifs is 1. The minimum Gasteiger partial charge on any atom is -0.453 e. The molecule has 0 heterocycles. The Morgan fingerprint density at radius 1 is 1.58 bits per heavy atom. The zero-order chi connectivity index (χ0) is 14.2. The molecule has 2 rings (SSSR count). The van der Waals surface area contributed by atoms with Gasteiger partial charge in [-0.15, -0.1) is 0 Å². The lowest BCUT2D eigenvalue weighted by Crippen LogP contribution is -2.44. The first-order valence-electron chi connectivity index (χ1n) is 5.91. The van der Waals surface area contributed by atoms with E-state index < -0.39 is 18.0 Å². The van der Waals surface area contributed by atoms with Gasteiger partial charge < -0.3 is 15.8 Å². The maximum atomic E-state index is 13.6. The Balaban J connectivity index is 2.39. The Labute approximate surface area is 109 Å². The topological polar surface area (TPSA) is 81.4 Å². The molecule has 0 fully saturated rings. The summed E-state index contributed by atoms with van der Waals surface area (Å²) in [6.45, 7) is 1.62. The number of hydrogen-bond acceptors (Lipinski definition) is 4. The largest absolute Gasteiger partial charge is 0.453 e. The Hall–Kier alpha value is -2.11. The molecular weight excluding hydrogens is 251 g/mol. The number of ether oxygens (including phenoxy) is 1. The summed E-state index contributed by atoms with van der Waals surface area (Å²) in [6.07, 6.45) is 0.230. The number of alkyl carbamates (subject to hydrolysis) is 1. The molecule has 0 bridgehead atoms. The highest BCUT2D eigenvalue weighted by molar-refractivity contribution is 6.07. The van der Waals surface area contributed by atoms with E-state index in [0.717, 1.165) is 6.07 Å². The Morgan fingerprint density at radius 3 is 2.89 bits per heavy atom. The van der Waals surface area contributed by atoms with Crippen LogP contribution in [0.4, 0.5) is 14.9 Å². The van der Waals surface area contributed by atoms with E-state index in [1.165, 1.54) is 7.11 Å². The number of methoxy groups -OCH3 is 1. The Morgan fingerprint density at radius 2 is 2.26 bits per heavy atom. The second-order valence-corrected chi connectivity index (χ2v) is 4.52. The lowest BCUT2D eigenvalue weighted by molar-refractivity contribution is 0.0916. The smallest absolute Gasteiger partial charge is 0.407 e. The Kier molecular flexibility index (Phi) is 3.42. The minimum atomic E-state index is -0.674. The van der Waals surface area contributed by atoms with Gasteiger partial charge in [0.05, 0.1) is 13.2 Å². The van der Waals surface area contributed by atoms with Crippen LogP contribution in [0.25, 0.3) is 0 Å². The van der Waals surface area contributed by atoms with Crippen molar-refractivity contribution in [3.8, 4) is 0 Å². The van der Waals surface area contributed by atoms with Crippen molar-refractivity contribution in [2.24, 2.45) is 0 Å². The molecule has 1 atom stereocenters. The lowest BCUT2D eigenvalue weighted by Gasteiger charge is -2.26. The van der Waals surface area contributed by atoms with Crippen molar-refractivity contribution >= 4 is 17.6 Å². The highest BCUT2D eigenvalue weighted by Gasteiger charge is 2.32. The molecule has 0 spiro atoms. The van der Waals surface area contributed by atoms with E-state index in [9.17, 15) is 14.0 Å². The summed E-state index contributed by atoms with van der Waals surface area (Å²) < 4.78 is 18.0. The van der Waals surface area contributed by atoms with Gasteiger partial charge in [0.15, 0.2) is 5.78 Å². The standard InChI is InChI=1S/C13H15FN2O3/c1-6-7-3-4-10(16-13(18)19-2)12(17)11(7)9(15)5-8(6)14/h5,10H,3-4,15H2,1-2H3,(H,16,18)/t10-/m0/s1. The summed E-state index contributed by atoms with van der Waals surface area (Å²) in [4.78, 5) is 23.4. The normalized spacial score (nSPS) is 17.8. The molecule has 0 aromatic heterocycles. The SMILES string of the molecule is COC(=O)N[C@H]1CCc2c(C)c(F)cc(N)c2C1=O. The van der Waals surface area contributed by atoms with Crippen LogP contribution in [0.1, 0.15) is 27.9 Å². The van der Waals surface area contributed by atoms with E-state index in [2.05, 4.69) is 10.1 Å². The van der Waals surface area contributed by atoms with Gasteiger partial charge in [-0.3, -0.25) is 4.79 Å². The fourth-order valence-corrected chi connectivity index (χ4v) is 2.36. The molecule has 3 N–H and O–H groups in total. The second-order valence-electron chi connectivity index (χ2n) is 4.52. The highest BCUT2D eigenvalue weighted by atomic mass is 19.1. The molecule has 19 heavy (non-hydrogen) atoms. The number of halogens is 1. The van der Waals surface area contributed by atoms with Crippen LogP contribution in [0.5, 0.6) is 0 Å². The molecule has 1 amide bonds. The zero-order valence-electron chi connectivity index (χ0n) is 10.7. The maximum Gasteiger partial charge on any atom is 0.407 e. The van der Waals surface area contributed by atoms with E-state index >= 15 is 0 Å². The van der Waals surface area contributed by atoms with Crippen LogP contribution in [0.2, 0.25) is 0 Å². The van der Waals surface area contributed by atoms with Crippen molar-refractivity contribution in [1.82, 2.24) is 5.32 Å². The van der Waals surface area contributed by atoms with Crippen LogP contribution < -0.4 is 11.1 Å². The van der Waals surface area contributed by atoms with Crippen LogP contribution >= 0.6 is 0 Å². The average molecular weight is 266 g/mol. The number of nitrogens with two attached hydrogens (primary N) is 1. The number of rotatable bonds is 1. The number of anilines is 1. The summed E-state index contributed by atoms with van der Waals surface area (Å²) in [5.74, 6) is -0.712.